The zero-order chi connectivity index (χ0) is 19.2. The molecule has 0 bridgehead atoms. The van der Waals surface area contributed by atoms with Gasteiger partial charge in [-0.25, -0.2) is 5.43 Å². The van der Waals surface area contributed by atoms with Crippen molar-refractivity contribution in [3.8, 4) is 0 Å². The van der Waals surface area contributed by atoms with Gasteiger partial charge in [0.05, 0.1) is 19.4 Å². The van der Waals surface area contributed by atoms with E-state index in [1.807, 2.05) is 18.2 Å². The summed E-state index contributed by atoms with van der Waals surface area (Å²) >= 11 is 0. The second-order valence-corrected chi connectivity index (χ2v) is 8.58. The van der Waals surface area contributed by atoms with Crippen molar-refractivity contribution in [2.45, 2.75) is 63.7 Å². The Morgan fingerprint density at radius 3 is 2.79 bits per heavy atom. The molecule has 2 unspecified atom stereocenters. The van der Waals surface area contributed by atoms with E-state index in [-0.39, 0.29) is 12.1 Å². The van der Waals surface area contributed by atoms with Crippen LogP contribution in [-0.2, 0) is 11.3 Å². The summed E-state index contributed by atoms with van der Waals surface area (Å²) in [5.74, 6) is 0.848. The maximum absolute atomic E-state index is 12.7. The third-order valence-electron chi connectivity index (χ3n) is 6.33. The summed E-state index contributed by atoms with van der Waals surface area (Å²) in [5, 5.41) is 3.15. The van der Waals surface area contributed by atoms with Crippen LogP contribution in [0.1, 0.15) is 60.9 Å². The Kier molecular flexibility index (Phi) is 6.96. The predicted molar refractivity (Wildman–Crippen MR) is 110 cm³/mol. The summed E-state index contributed by atoms with van der Waals surface area (Å²) in [7, 11) is 0. The van der Waals surface area contributed by atoms with Gasteiger partial charge >= 0.3 is 0 Å². The number of hydrogen-bond acceptors (Lipinski definition) is 5. The lowest BCUT2D eigenvalue weighted by atomic mass is 9.84. The second-order valence-electron chi connectivity index (χ2n) is 8.58. The maximum atomic E-state index is 12.7. The van der Waals surface area contributed by atoms with E-state index in [2.05, 4.69) is 27.1 Å². The normalized spacial score (nSPS) is 27.0. The van der Waals surface area contributed by atoms with Crippen LogP contribution in [0.25, 0.3) is 0 Å². The van der Waals surface area contributed by atoms with E-state index in [0.717, 1.165) is 50.8 Å². The van der Waals surface area contributed by atoms with E-state index in [4.69, 9.17) is 4.74 Å². The van der Waals surface area contributed by atoms with Gasteiger partial charge in [0.1, 0.15) is 0 Å². The van der Waals surface area contributed by atoms with Crippen molar-refractivity contribution >= 4 is 5.91 Å². The molecule has 2 heterocycles. The quantitative estimate of drug-likeness (QED) is 0.701. The predicted octanol–water partition coefficient (Wildman–Crippen LogP) is 2.41. The lowest BCUT2D eigenvalue weighted by Crippen LogP contribution is -2.44. The number of ether oxygens (including phenoxy) is 1. The number of hydrazine groups is 1. The summed E-state index contributed by atoms with van der Waals surface area (Å²) in [6.07, 6.45) is 9.07. The van der Waals surface area contributed by atoms with Crippen LogP contribution in [0.2, 0.25) is 0 Å². The molecule has 28 heavy (non-hydrogen) atoms. The van der Waals surface area contributed by atoms with Crippen molar-refractivity contribution in [2.75, 3.05) is 26.3 Å². The number of morpholine rings is 1. The van der Waals surface area contributed by atoms with Crippen LogP contribution in [0.5, 0.6) is 0 Å². The third kappa shape index (κ3) is 5.54. The molecule has 154 valence electrons. The molecule has 1 aromatic carbocycles. The summed E-state index contributed by atoms with van der Waals surface area (Å²) in [6.45, 7) is 4.37. The SMILES string of the molecule is O=C(NC1CC(CC2CCCCC2)NN1)c1cccc(CN2CCOCC2)c1. The molecule has 0 radical (unpaired) electrons. The van der Waals surface area contributed by atoms with Crippen molar-refractivity contribution < 1.29 is 9.53 Å². The number of benzene rings is 1. The molecule has 2 aliphatic heterocycles. The monoisotopic (exact) mass is 386 g/mol. The van der Waals surface area contributed by atoms with E-state index in [9.17, 15) is 4.79 Å². The van der Waals surface area contributed by atoms with Gasteiger partial charge in [-0.3, -0.25) is 15.1 Å². The minimum atomic E-state index is 0.00134. The highest BCUT2D eigenvalue weighted by Gasteiger charge is 2.28. The van der Waals surface area contributed by atoms with Gasteiger partial charge in [0, 0.05) is 31.2 Å². The van der Waals surface area contributed by atoms with Crippen LogP contribution >= 0.6 is 0 Å². The van der Waals surface area contributed by atoms with Gasteiger partial charge in [-0.05, 0) is 36.5 Å². The Balaban J connectivity index is 1.26. The molecule has 1 aromatic rings. The Morgan fingerprint density at radius 2 is 1.96 bits per heavy atom. The highest BCUT2D eigenvalue weighted by atomic mass is 16.5. The summed E-state index contributed by atoms with van der Waals surface area (Å²) in [6, 6.07) is 8.46. The van der Waals surface area contributed by atoms with Crippen LogP contribution < -0.4 is 16.2 Å². The van der Waals surface area contributed by atoms with E-state index in [0.29, 0.717) is 6.04 Å². The van der Waals surface area contributed by atoms with Gasteiger partial charge in [0.15, 0.2) is 0 Å². The van der Waals surface area contributed by atoms with Gasteiger partial charge in [0.2, 0.25) is 0 Å². The minimum absolute atomic E-state index is 0.00134. The number of amides is 1. The Morgan fingerprint density at radius 1 is 1.14 bits per heavy atom. The standard InChI is InChI=1S/C22H34N4O2/c27-22(19-8-4-7-18(13-19)16-26-9-11-28-12-10-26)23-21-15-20(24-25-21)14-17-5-2-1-3-6-17/h4,7-8,13,17,20-21,24-25H,1-3,5-6,9-12,14-16H2,(H,23,27). The molecule has 1 aliphatic carbocycles. The average molecular weight is 387 g/mol. The Labute approximate surface area is 168 Å². The largest absolute Gasteiger partial charge is 0.379 e. The lowest BCUT2D eigenvalue weighted by molar-refractivity contribution is 0.0342. The highest BCUT2D eigenvalue weighted by Crippen LogP contribution is 2.28. The fourth-order valence-corrected chi connectivity index (χ4v) is 4.77. The first-order valence-corrected chi connectivity index (χ1v) is 11.0. The molecule has 2 atom stereocenters. The van der Waals surface area contributed by atoms with Crippen molar-refractivity contribution in [2.24, 2.45) is 5.92 Å². The molecular formula is C22H34N4O2. The minimum Gasteiger partial charge on any atom is -0.379 e. The molecule has 6 nitrogen and oxygen atoms in total. The number of nitrogens with one attached hydrogen (secondary N) is 3. The molecular weight excluding hydrogens is 352 g/mol. The van der Waals surface area contributed by atoms with Gasteiger partial charge < -0.3 is 10.1 Å². The summed E-state index contributed by atoms with van der Waals surface area (Å²) in [5.41, 5.74) is 8.59. The van der Waals surface area contributed by atoms with Crippen LogP contribution in [0.4, 0.5) is 0 Å². The highest BCUT2D eigenvalue weighted by molar-refractivity contribution is 5.94. The first-order valence-electron chi connectivity index (χ1n) is 11.0. The summed E-state index contributed by atoms with van der Waals surface area (Å²) in [4.78, 5) is 15.1. The molecule has 4 rings (SSSR count). The topological polar surface area (TPSA) is 65.6 Å². The van der Waals surface area contributed by atoms with Gasteiger partial charge in [-0.2, -0.15) is 0 Å². The number of carbonyl (C=O) groups excluding carboxylic acids is 1. The molecule has 2 saturated heterocycles. The first kappa shape index (κ1) is 19.8. The number of nitrogens with zero attached hydrogens (tertiary/aromatic N) is 1. The molecule has 0 spiro atoms. The van der Waals surface area contributed by atoms with E-state index in [1.54, 1.807) is 0 Å². The molecule has 3 aliphatic rings. The second kappa shape index (κ2) is 9.83. The number of rotatable bonds is 6. The smallest absolute Gasteiger partial charge is 0.252 e. The Hall–Kier alpha value is -1.47. The van der Waals surface area contributed by atoms with E-state index in [1.165, 1.54) is 44.1 Å². The van der Waals surface area contributed by atoms with Crippen LogP contribution in [0, 0.1) is 5.92 Å². The van der Waals surface area contributed by atoms with Gasteiger partial charge in [-0.1, -0.05) is 44.2 Å². The molecule has 1 saturated carbocycles. The van der Waals surface area contributed by atoms with Crippen molar-refractivity contribution in [1.29, 1.82) is 0 Å². The lowest BCUT2D eigenvalue weighted by Gasteiger charge is -2.26. The number of hydrogen-bond donors (Lipinski definition) is 3. The van der Waals surface area contributed by atoms with E-state index >= 15 is 0 Å². The zero-order valence-corrected chi connectivity index (χ0v) is 16.8. The summed E-state index contributed by atoms with van der Waals surface area (Å²) < 4.78 is 5.41. The fourth-order valence-electron chi connectivity index (χ4n) is 4.77. The maximum Gasteiger partial charge on any atom is 0.252 e. The van der Waals surface area contributed by atoms with Crippen LogP contribution in [0.15, 0.2) is 24.3 Å². The first-order chi connectivity index (χ1) is 13.8. The molecule has 1 amide bonds. The van der Waals surface area contributed by atoms with Crippen molar-refractivity contribution in [1.82, 2.24) is 21.1 Å². The third-order valence-corrected chi connectivity index (χ3v) is 6.33. The van der Waals surface area contributed by atoms with E-state index < -0.39 is 0 Å². The number of carbonyl (C=O) groups is 1. The van der Waals surface area contributed by atoms with Crippen molar-refractivity contribution in [3.63, 3.8) is 0 Å². The fraction of sp³-hybridized carbons (Fsp3) is 0.682. The van der Waals surface area contributed by atoms with Crippen molar-refractivity contribution in [3.05, 3.63) is 35.4 Å². The molecule has 3 fully saturated rings. The molecule has 3 N–H and O–H groups in total. The molecule has 0 aromatic heterocycles. The van der Waals surface area contributed by atoms with Crippen LogP contribution in [0.3, 0.4) is 0 Å². The Bertz CT molecular complexity index is 641. The van der Waals surface area contributed by atoms with Gasteiger partial charge in [-0.15, -0.1) is 0 Å². The van der Waals surface area contributed by atoms with Gasteiger partial charge in [0.25, 0.3) is 5.91 Å². The zero-order valence-electron chi connectivity index (χ0n) is 16.8. The van der Waals surface area contributed by atoms with Crippen LogP contribution in [-0.4, -0.2) is 49.3 Å². The average Bonchev–Trinajstić information content (AvgIpc) is 3.16. The molecule has 6 heteroatoms.